The van der Waals surface area contributed by atoms with Gasteiger partial charge >= 0.3 is 11.9 Å². The molecule has 3 rings (SSSR count). The minimum absolute atomic E-state index is 0.278. The second-order valence-electron chi connectivity index (χ2n) is 5.58. The minimum Gasteiger partial charge on any atom is -0.415 e. The van der Waals surface area contributed by atoms with Crippen LogP contribution in [0.4, 0.5) is 22.0 Å². The van der Waals surface area contributed by atoms with Gasteiger partial charge in [0, 0.05) is 5.56 Å². The lowest BCUT2D eigenvalue weighted by molar-refractivity contribution is -0.137. The van der Waals surface area contributed by atoms with Crippen molar-refractivity contribution in [2.45, 2.75) is 11.1 Å². The van der Waals surface area contributed by atoms with E-state index >= 15 is 0 Å². The number of aromatic nitrogens is 1. The van der Waals surface area contributed by atoms with E-state index in [1.165, 1.54) is 0 Å². The molecule has 148 valence electrons. The van der Waals surface area contributed by atoms with Crippen LogP contribution in [0.3, 0.4) is 0 Å². The SMILES string of the molecule is NS(=O)(=O)c1c(F)cc(-c2coc(=O)n2-c2cccc(C(F)(F)F)c2)cc1F. The van der Waals surface area contributed by atoms with Gasteiger partial charge in [0.15, 0.2) is 4.90 Å². The van der Waals surface area contributed by atoms with Crippen LogP contribution in [0.15, 0.2) is 56.8 Å². The maximum atomic E-state index is 14.1. The zero-order chi connectivity index (χ0) is 20.9. The summed E-state index contributed by atoms with van der Waals surface area (Å²) in [5.41, 5.74) is -2.00. The summed E-state index contributed by atoms with van der Waals surface area (Å²) >= 11 is 0. The quantitative estimate of drug-likeness (QED) is 0.659. The molecule has 1 heterocycles. The van der Waals surface area contributed by atoms with E-state index in [2.05, 4.69) is 4.42 Å². The van der Waals surface area contributed by atoms with Gasteiger partial charge in [0.25, 0.3) is 0 Å². The van der Waals surface area contributed by atoms with Gasteiger partial charge in [-0.3, -0.25) is 0 Å². The van der Waals surface area contributed by atoms with Crippen LogP contribution >= 0.6 is 0 Å². The second kappa shape index (κ2) is 6.56. The molecule has 0 unspecified atom stereocenters. The van der Waals surface area contributed by atoms with Crippen LogP contribution in [0.2, 0.25) is 0 Å². The molecule has 0 bridgehead atoms. The lowest BCUT2D eigenvalue weighted by Gasteiger charge is -2.11. The molecule has 0 aliphatic rings. The topological polar surface area (TPSA) is 95.3 Å². The lowest BCUT2D eigenvalue weighted by Crippen LogP contribution is -2.17. The molecule has 0 spiro atoms. The molecule has 2 aromatic carbocycles. The molecule has 0 aliphatic heterocycles. The number of oxazole rings is 1. The maximum Gasteiger partial charge on any atom is 0.424 e. The number of benzene rings is 2. The number of rotatable bonds is 3. The summed E-state index contributed by atoms with van der Waals surface area (Å²) in [6.45, 7) is 0. The van der Waals surface area contributed by atoms with E-state index in [1.807, 2.05) is 0 Å². The van der Waals surface area contributed by atoms with Crippen molar-refractivity contribution in [3.05, 3.63) is 70.4 Å². The van der Waals surface area contributed by atoms with Crippen LogP contribution in [0.25, 0.3) is 16.9 Å². The number of nitrogens with two attached hydrogens (primary N) is 1. The van der Waals surface area contributed by atoms with Crippen molar-refractivity contribution in [2.75, 3.05) is 0 Å². The summed E-state index contributed by atoms with van der Waals surface area (Å²) in [6.07, 6.45) is -3.92. The number of alkyl halides is 3. The van der Waals surface area contributed by atoms with Gasteiger partial charge in [0.05, 0.1) is 16.9 Å². The molecule has 0 fully saturated rings. The van der Waals surface area contributed by atoms with Crippen LogP contribution < -0.4 is 10.9 Å². The first-order valence-corrected chi connectivity index (χ1v) is 8.84. The zero-order valence-corrected chi connectivity index (χ0v) is 14.3. The Hall–Kier alpha value is -2.99. The van der Waals surface area contributed by atoms with Crippen LogP contribution in [0, 0.1) is 11.6 Å². The van der Waals surface area contributed by atoms with E-state index in [-0.39, 0.29) is 16.9 Å². The highest BCUT2D eigenvalue weighted by Gasteiger charge is 2.31. The third-order valence-corrected chi connectivity index (χ3v) is 4.66. The second-order valence-corrected chi connectivity index (χ2v) is 7.08. The summed E-state index contributed by atoms with van der Waals surface area (Å²) in [6, 6.07) is 4.74. The van der Waals surface area contributed by atoms with Crippen molar-refractivity contribution in [3.8, 4) is 16.9 Å². The lowest BCUT2D eigenvalue weighted by atomic mass is 10.1. The number of sulfonamides is 1. The average Bonchev–Trinajstić information content (AvgIpc) is 2.94. The fourth-order valence-corrected chi connectivity index (χ4v) is 3.21. The molecule has 28 heavy (non-hydrogen) atoms. The van der Waals surface area contributed by atoms with Gasteiger partial charge in [-0.1, -0.05) is 6.07 Å². The smallest absolute Gasteiger partial charge is 0.415 e. The van der Waals surface area contributed by atoms with Crippen molar-refractivity contribution >= 4 is 10.0 Å². The van der Waals surface area contributed by atoms with Crippen LogP contribution in [0.1, 0.15) is 5.56 Å². The Labute approximate surface area is 153 Å². The van der Waals surface area contributed by atoms with E-state index in [0.29, 0.717) is 22.8 Å². The number of hydrogen-bond donors (Lipinski definition) is 1. The minimum atomic E-state index is -4.71. The summed E-state index contributed by atoms with van der Waals surface area (Å²) in [4.78, 5) is 10.6. The Kier molecular flexibility index (Phi) is 4.63. The third-order valence-electron chi connectivity index (χ3n) is 3.71. The Morgan fingerprint density at radius 1 is 1.04 bits per heavy atom. The molecule has 6 nitrogen and oxygen atoms in total. The summed E-state index contributed by atoms with van der Waals surface area (Å²) < 4.78 is 94.8. The highest BCUT2D eigenvalue weighted by Crippen LogP contribution is 2.32. The van der Waals surface area contributed by atoms with Crippen LogP contribution in [0.5, 0.6) is 0 Å². The van der Waals surface area contributed by atoms with Gasteiger partial charge in [-0.15, -0.1) is 0 Å². The molecule has 0 aliphatic carbocycles. The molecule has 0 saturated carbocycles. The first kappa shape index (κ1) is 19.8. The van der Waals surface area contributed by atoms with E-state index in [1.54, 1.807) is 0 Å². The number of halogens is 5. The molecule has 0 saturated heterocycles. The third kappa shape index (κ3) is 3.55. The number of hydrogen-bond acceptors (Lipinski definition) is 4. The van der Waals surface area contributed by atoms with E-state index in [4.69, 9.17) is 5.14 Å². The fourth-order valence-electron chi connectivity index (χ4n) is 2.55. The van der Waals surface area contributed by atoms with Crippen molar-refractivity contribution in [1.29, 1.82) is 0 Å². The van der Waals surface area contributed by atoms with Gasteiger partial charge in [-0.2, -0.15) is 13.2 Å². The molecule has 0 atom stereocenters. The largest absolute Gasteiger partial charge is 0.424 e. The normalized spacial score (nSPS) is 12.4. The molecular formula is C16H9F5N2O4S. The van der Waals surface area contributed by atoms with Gasteiger partial charge < -0.3 is 4.42 Å². The van der Waals surface area contributed by atoms with Crippen molar-refractivity contribution in [2.24, 2.45) is 5.14 Å². The van der Waals surface area contributed by atoms with Crippen molar-refractivity contribution < 1.29 is 34.8 Å². The van der Waals surface area contributed by atoms with Gasteiger partial charge in [0.2, 0.25) is 10.0 Å². The van der Waals surface area contributed by atoms with Gasteiger partial charge in [0.1, 0.15) is 17.9 Å². The van der Waals surface area contributed by atoms with Gasteiger partial charge in [-0.05, 0) is 30.3 Å². The predicted molar refractivity (Wildman–Crippen MR) is 86.0 cm³/mol. The number of primary sulfonamides is 1. The number of nitrogens with zero attached hydrogens (tertiary/aromatic N) is 1. The molecular weight excluding hydrogens is 411 g/mol. The standard InChI is InChI=1S/C16H9F5N2O4S/c17-11-4-8(5-12(18)14(11)28(22,25)26)13-7-27-15(24)23(13)10-3-1-2-9(6-10)16(19,20)21/h1-7H,(H2,22,25,26). The van der Waals surface area contributed by atoms with E-state index in [9.17, 15) is 35.2 Å². The van der Waals surface area contributed by atoms with Crippen molar-refractivity contribution in [3.63, 3.8) is 0 Å². The first-order chi connectivity index (χ1) is 12.9. The summed E-state index contributed by atoms with van der Waals surface area (Å²) in [5, 5.41) is 4.74. The summed E-state index contributed by atoms with van der Waals surface area (Å²) in [7, 11) is -4.71. The molecule has 0 radical (unpaired) electrons. The van der Waals surface area contributed by atoms with Crippen molar-refractivity contribution in [1.82, 2.24) is 4.57 Å². The Balaban J connectivity index is 2.22. The molecule has 0 amide bonds. The Morgan fingerprint density at radius 3 is 2.18 bits per heavy atom. The van der Waals surface area contributed by atoms with E-state index < -0.39 is 44.0 Å². The maximum absolute atomic E-state index is 14.1. The molecule has 2 N–H and O–H groups in total. The fraction of sp³-hybridized carbons (Fsp3) is 0.0625. The van der Waals surface area contributed by atoms with E-state index in [0.717, 1.165) is 24.5 Å². The first-order valence-electron chi connectivity index (χ1n) is 7.30. The Morgan fingerprint density at radius 2 is 1.64 bits per heavy atom. The van der Waals surface area contributed by atoms with Gasteiger partial charge in [-0.25, -0.2) is 31.7 Å². The van der Waals surface area contributed by atoms with Crippen LogP contribution in [-0.2, 0) is 16.2 Å². The van der Waals surface area contributed by atoms with Crippen LogP contribution in [-0.4, -0.2) is 13.0 Å². The zero-order valence-electron chi connectivity index (χ0n) is 13.5. The molecule has 12 heteroatoms. The highest BCUT2D eigenvalue weighted by atomic mass is 32.2. The Bertz CT molecular complexity index is 1210. The monoisotopic (exact) mass is 420 g/mol. The molecule has 1 aromatic heterocycles. The highest BCUT2D eigenvalue weighted by molar-refractivity contribution is 7.89. The predicted octanol–water partition coefficient (Wildman–Crippen LogP) is 3.04. The molecule has 3 aromatic rings. The summed E-state index contributed by atoms with van der Waals surface area (Å²) in [5.74, 6) is -4.20. The average molecular weight is 420 g/mol.